The van der Waals surface area contributed by atoms with Gasteiger partial charge in [-0.3, -0.25) is 9.59 Å². The van der Waals surface area contributed by atoms with Crippen LogP contribution in [-0.4, -0.2) is 59.8 Å². The van der Waals surface area contributed by atoms with Gasteiger partial charge in [0.15, 0.2) is 0 Å². The Hall–Kier alpha value is -0.710. The van der Waals surface area contributed by atoms with Crippen molar-refractivity contribution in [2.75, 3.05) is 38.2 Å². The summed E-state index contributed by atoms with van der Waals surface area (Å²) in [6, 6.07) is 0. The third-order valence-corrected chi connectivity index (χ3v) is 6.87. The lowest BCUT2D eigenvalue weighted by Crippen LogP contribution is -2.51. The van der Waals surface area contributed by atoms with Gasteiger partial charge in [0.1, 0.15) is 0 Å². The summed E-state index contributed by atoms with van der Waals surface area (Å²) in [5.41, 5.74) is -0.262. The summed E-state index contributed by atoms with van der Waals surface area (Å²) < 4.78 is 0. The van der Waals surface area contributed by atoms with Crippen LogP contribution in [0.15, 0.2) is 0 Å². The van der Waals surface area contributed by atoms with Crippen LogP contribution in [0, 0.1) is 11.3 Å². The molecule has 0 aromatic rings. The standard InChI is InChI=1S/C19H32N2O2S/c1-24-13-8-17(22)21-12-10-19(15-21)9-5-11-20(18(19)23)14-16-6-3-2-4-7-16/h16H,2-15H2,1H3. The molecule has 0 N–H and O–H groups in total. The van der Waals surface area contributed by atoms with Gasteiger partial charge in [-0.25, -0.2) is 0 Å². The summed E-state index contributed by atoms with van der Waals surface area (Å²) in [6.07, 6.45) is 12.2. The van der Waals surface area contributed by atoms with Gasteiger partial charge in [0, 0.05) is 38.4 Å². The number of nitrogens with zero attached hydrogens (tertiary/aromatic N) is 2. The molecule has 2 amide bonds. The molecule has 0 aromatic carbocycles. The fourth-order valence-corrected chi connectivity index (χ4v) is 5.20. The number of hydrogen-bond donors (Lipinski definition) is 0. The monoisotopic (exact) mass is 352 g/mol. The molecule has 4 nitrogen and oxygen atoms in total. The Morgan fingerprint density at radius 3 is 2.71 bits per heavy atom. The third kappa shape index (κ3) is 3.92. The Balaban J connectivity index is 1.59. The minimum absolute atomic E-state index is 0.235. The molecular formula is C19H32N2O2S. The van der Waals surface area contributed by atoms with Crippen LogP contribution in [0.1, 0.15) is 57.8 Å². The van der Waals surface area contributed by atoms with E-state index in [9.17, 15) is 9.59 Å². The largest absolute Gasteiger partial charge is 0.342 e. The van der Waals surface area contributed by atoms with Crippen molar-refractivity contribution in [3.8, 4) is 0 Å². The minimum Gasteiger partial charge on any atom is -0.342 e. The van der Waals surface area contributed by atoms with E-state index in [0.29, 0.717) is 24.8 Å². The van der Waals surface area contributed by atoms with Gasteiger partial charge in [0.2, 0.25) is 11.8 Å². The van der Waals surface area contributed by atoms with Crippen molar-refractivity contribution in [3.05, 3.63) is 0 Å². The topological polar surface area (TPSA) is 40.6 Å². The first-order valence-electron chi connectivity index (χ1n) is 9.71. The summed E-state index contributed by atoms with van der Waals surface area (Å²) in [5.74, 6) is 2.17. The van der Waals surface area contributed by atoms with Gasteiger partial charge in [-0.05, 0) is 44.3 Å². The maximum atomic E-state index is 13.2. The van der Waals surface area contributed by atoms with E-state index in [4.69, 9.17) is 0 Å². The number of piperidine rings is 1. The molecule has 136 valence electrons. The predicted octanol–water partition coefficient (Wildman–Crippen LogP) is 3.16. The Morgan fingerprint density at radius 1 is 1.17 bits per heavy atom. The van der Waals surface area contributed by atoms with Crippen LogP contribution in [-0.2, 0) is 9.59 Å². The average molecular weight is 353 g/mol. The SMILES string of the molecule is CSCCC(=O)N1CCC2(CCCN(CC3CCCCC3)C2=O)C1. The van der Waals surface area contributed by atoms with Crippen molar-refractivity contribution in [2.24, 2.45) is 11.3 Å². The van der Waals surface area contributed by atoms with Crippen LogP contribution in [0.25, 0.3) is 0 Å². The van der Waals surface area contributed by atoms with E-state index < -0.39 is 0 Å². The van der Waals surface area contributed by atoms with Crippen molar-refractivity contribution < 1.29 is 9.59 Å². The fourth-order valence-electron chi connectivity index (χ4n) is 4.82. The summed E-state index contributed by atoms with van der Waals surface area (Å²) >= 11 is 1.71. The second-order valence-electron chi connectivity index (χ2n) is 7.95. The van der Waals surface area contributed by atoms with Crippen molar-refractivity contribution in [1.82, 2.24) is 9.80 Å². The second-order valence-corrected chi connectivity index (χ2v) is 8.93. The van der Waals surface area contributed by atoms with E-state index in [1.807, 2.05) is 11.2 Å². The lowest BCUT2D eigenvalue weighted by molar-refractivity contribution is -0.147. The van der Waals surface area contributed by atoms with Gasteiger partial charge in [-0.1, -0.05) is 19.3 Å². The first kappa shape index (κ1) is 18.1. The molecule has 5 heteroatoms. The average Bonchev–Trinajstić information content (AvgIpc) is 3.03. The van der Waals surface area contributed by atoms with Gasteiger partial charge >= 0.3 is 0 Å². The lowest BCUT2D eigenvalue weighted by Gasteiger charge is -2.41. The third-order valence-electron chi connectivity index (χ3n) is 6.25. The van der Waals surface area contributed by atoms with Gasteiger partial charge < -0.3 is 9.80 Å². The number of amides is 2. The minimum atomic E-state index is -0.262. The number of carbonyl (C=O) groups is 2. The molecule has 1 unspecified atom stereocenters. The lowest BCUT2D eigenvalue weighted by atomic mass is 9.77. The molecule has 1 aliphatic carbocycles. The maximum Gasteiger partial charge on any atom is 0.230 e. The van der Waals surface area contributed by atoms with Gasteiger partial charge in [-0.15, -0.1) is 0 Å². The molecule has 2 aliphatic heterocycles. The highest BCUT2D eigenvalue weighted by Gasteiger charge is 2.49. The molecule has 1 spiro atoms. The van der Waals surface area contributed by atoms with E-state index in [1.165, 1.54) is 32.1 Å². The van der Waals surface area contributed by atoms with Gasteiger partial charge in [0.05, 0.1) is 5.41 Å². The number of rotatable bonds is 5. The first-order valence-corrected chi connectivity index (χ1v) is 11.1. The van der Waals surface area contributed by atoms with Crippen LogP contribution < -0.4 is 0 Å². The fraction of sp³-hybridized carbons (Fsp3) is 0.895. The molecule has 1 saturated carbocycles. The van der Waals surface area contributed by atoms with E-state index in [2.05, 4.69) is 4.90 Å². The molecule has 0 bridgehead atoms. The van der Waals surface area contributed by atoms with Crippen LogP contribution in [0.4, 0.5) is 0 Å². The Kier molecular flexibility index (Phi) is 6.12. The highest BCUT2D eigenvalue weighted by molar-refractivity contribution is 7.98. The number of thioether (sulfide) groups is 1. The zero-order valence-corrected chi connectivity index (χ0v) is 15.9. The molecule has 2 saturated heterocycles. The molecule has 1 atom stereocenters. The summed E-state index contributed by atoms with van der Waals surface area (Å²) in [7, 11) is 0. The number of hydrogen-bond acceptors (Lipinski definition) is 3. The molecule has 3 aliphatic rings. The first-order chi connectivity index (χ1) is 11.6. The van der Waals surface area contributed by atoms with Crippen LogP contribution in [0.3, 0.4) is 0 Å². The normalized spacial score (nSPS) is 28.8. The highest BCUT2D eigenvalue weighted by Crippen LogP contribution is 2.41. The Labute approximate surface area is 150 Å². The second kappa shape index (κ2) is 8.11. The van der Waals surface area contributed by atoms with Gasteiger partial charge in [-0.2, -0.15) is 11.8 Å². The predicted molar refractivity (Wildman–Crippen MR) is 99.0 cm³/mol. The number of likely N-dealkylation sites (tertiary alicyclic amines) is 2. The molecule has 0 aromatic heterocycles. The zero-order valence-electron chi connectivity index (χ0n) is 15.1. The molecular weight excluding hydrogens is 320 g/mol. The highest BCUT2D eigenvalue weighted by atomic mass is 32.2. The van der Waals surface area contributed by atoms with E-state index in [1.54, 1.807) is 11.8 Å². The van der Waals surface area contributed by atoms with Crippen molar-refractivity contribution in [2.45, 2.75) is 57.8 Å². The summed E-state index contributed by atoms with van der Waals surface area (Å²) in [4.78, 5) is 29.6. The van der Waals surface area contributed by atoms with Crippen LogP contribution >= 0.6 is 11.8 Å². The molecule has 3 fully saturated rings. The summed E-state index contributed by atoms with van der Waals surface area (Å²) in [5, 5.41) is 0. The smallest absolute Gasteiger partial charge is 0.230 e. The van der Waals surface area contributed by atoms with E-state index in [0.717, 1.165) is 44.6 Å². The van der Waals surface area contributed by atoms with E-state index >= 15 is 0 Å². The number of carbonyl (C=O) groups excluding carboxylic acids is 2. The quantitative estimate of drug-likeness (QED) is 0.763. The van der Waals surface area contributed by atoms with E-state index in [-0.39, 0.29) is 11.3 Å². The Morgan fingerprint density at radius 2 is 1.96 bits per heavy atom. The van der Waals surface area contributed by atoms with Gasteiger partial charge in [0.25, 0.3) is 0 Å². The van der Waals surface area contributed by atoms with Crippen LogP contribution in [0.5, 0.6) is 0 Å². The Bertz CT molecular complexity index is 464. The maximum absolute atomic E-state index is 13.2. The van der Waals surface area contributed by atoms with Crippen molar-refractivity contribution >= 4 is 23.6 Å². The van der Waals surface area contributed by atoms with Crippen molar-refractivity contribution in [3.63, 3.8) is 0 Å². The van der Waals surface area contributed by atoms with Crippen LogP contribution in [0.2, 0.25) is 0 Å². The molecule has 3 rings (SSSR count). The molecule has 24 heavy (non-hydrogen) atoms. The zero-order chi connectivity index (χ0) is 17.0. The van der Waals surface area contributed by atoms with Crippen molar-refractivity contribution in [1.29, 1.82) is 0 Å². The molecule has 0 radical (unpaired) electrons. The summed E-state index contributed by atoms with van der Waals surface area (Å²) in [6.45, 7) is 3.33. The molecule has 2 heterocycles.